The minimum atomic E-state index is -0.256. The highest BCUT2D eigenvalue weighted by atomic mass is 19.1. The molecule has 0 spiro atoms. The van der Waals surface area contributed by atoms with Gasteiger partial charge < -0.3 is 14.6 Å². The first-order valence-corrected chi connectivity index (χ1v) is 7.71. The molecule has 3 rings (SSSR count). The molecule has 0 aliphatic rings. The zero-order chi connectivity index (χ0) is 16.9. The van der Waals surface area contributed by atoms with Gasteiger partial charge >= 0.3 is 0 Å². The summed E-state index contributed by atoms with van der Waals surface area (Å²) in [4.78, 5) is 4.36. The summed E-state index contributed by atoms with van der Waals surface area (Å²) in [7, 11) is 0. The van der Waals surface area contributed by atoms with Gasteiger partial charge in [0.05, 0.1) is 13.2 Å². The maximum atomic E-state index is 13.1. The molecule has 0 aliphatic carbocycles. The van der Waals surface area contributed by atoms with E-state index in [2.05, 4.69) is 15.5 Å². The molecule has 2 aromatic carbocycles. The molecule has 0 saturated heterocycles. The highest BCUT2D eigenvalue weighted by Gasteiger charge is 2.09. The SMILES string of the molecule is CCOc1ccc(-c2noc(CNc3ccc(F)cc3C)n2)cc1. The third-order valence-electron chi connectivity index (χ3n) is 3.51. The van der Waals surface area contributed by atoms with E-state index >= 15 is 0 Å². The summed E-state index contributed by atoms with van der Waals surface area (Å²) >= 11 is 0. The van der Waals surface area contributed by atoms with Crippen LogP contribution in [0.1, 0.15) is 18.4 Å². The van der Waals surface area contributed by atoms with Crippen LogP contribution in [0.15, 0.2) is 47.0 Å². The fourth-order valence-corrected chi connectivity index (χ4v) is 2.31. The molecular formula is C18H18FN3O2. The van der Waals surface area contributed by atoms with Crippen molar-refractivity contribution in [1.82, 2.24) is 10.1 Å². The lowest BCUT2D eigenvalue weighted by Gasteiger charge is -2.06. The predicted octanol–water partition coefficient (Wildman–Crippen LogP) is 4.19. The van der Waals surface area contributed by atoms with Crippen molar-refractivity contribution in [3.8, 4) is 17.1 Å². The van der Waals surface area contributed by atoms with Gasteiger partial charge in [-0.25, -0.2) is 4.39 Å². The van der Waals surface area contributed by atoms with E-state index in [0.29, 0.717) is 24.9 Å². The van der Waals surface area contributed by atoms with Gasteiger partial charge in [-0.05, 0) is 61.9 Å². The largest absolute Gasteiger partial charge is 0.494 e. The van der Waals surface area contributed by atoms with Crippen LogP contribution in [0, 0.1) is 12.7 Å². The molecule has 3 aromatic rings. The van der Waals surface area contributed by atoms with Crippen LogP contribution in [0.25, 0.3) is 11.4 Å². The number of ether oxygens (including phenoxy) is 1. The second-order valence-electron chi connectivity index (χ2n) is 5.28. The monoisotopic (exact) mass is 327 g/mol. The molecule has 124 valence electrons. The molecule has 0 radical (unpaired) electrons. The first-order chi connectivity index (χ1) is 11.7. The Bertz CT molecular complexity index is 815. The Hall–Kier alpha value is -2.89. The molecule has 0 fully saturated rings. The fraction of sp³-hybridized carbons (Fsp3) is 0.222. The molecule has 0 atom stereocenters. The van der Waals surface area contributed by atoms with Crippen molar-refractivity contribution in [2.75, 3.05) is 11.9 Å². The Morgan fingerprint density at radius 3 is 2.67 bits per heavy atom. The molecule has 6 heteroatoms. The molecule has 24 heavy (non-hydrogen) atoms. The van der Waals surface area contributed by atoms with E-state index in [1.807, 2.05) is 38.1 Å². The summed E-state index contributed by atoms with van der Waals surface area (Å²) in [6.07, 6.45) is 0. The summed E-state index contributed by atoms with van der Waals surface area (Å²) in [5.74, 6) is 1.53. The third kappa shape index (κ3) is 3.71. The quantitative estimate of drug-likeness (QED) is 0.735. The van der Waals surface area contributed by atoms with E-state index in [1.54, 1.807) is 6.07 Å². The number of aryl methyl sites for hydroxylation is 1. The van der Waals surface area contributed by atoms with Crippen LogP contribution in [0.3, 0.4) is 0 Å². The Morgan fingerprint density at radius 1 is 1.17 bits per heavy atom. The number of nitrogens with zero attached hydrogens (tertiary/aromatic N) is 2. The van der Waals surface area contributed by atoms with E-state index in [1.165, 1.54) is 12.1 Å². The Balaban J connectivity index is 1.66. The van der Waals surface area contributed by atoms with Crippen LogP contribution in [-0.2, 0) is 6.54 Å². The van der Waals surface area contributed by atoms with Crippen molar-refractivity contribution in [3.63, 3.8) is 0 Å². The van der Waals surface area contributed by atoms with Gasteiger partial charge in [0.2, 0.25) is 11.7 Å². The third-order valence-corrected chi connectivity index (χ3v) is 3.51. The lowest BCUT2D eigenvalue weighted by atomic mass is 10.2. The van der Waals surface area contributed by atoms with Crippen LogP contribution in [0.4, 0.5) is 10.1 Å². The van der Waals surface area contributed by atoms with E-state index < -0.39 is 0 Å². The number of rotatable bonds is 6. The molecule has 1 aromatic heterocycles. The molecule has 1 N–H and O–H groups in total. The van der Waals surface area contributed by atoms with E-state index in [4.69, 9.17) is 9.26 Å². The van der Waals surface area contributed by atoms with Crippen molar-refractivity contribution in [1.29, 1.82) is 0 Å². The van der Waals surface area contributed by atoms with Crippen LogP contribution in [0.2, 0.25) is 0 Å². The number of aromatic nitrogens is 2. The minimum absolute atomic E-state index is 0.256. The Morgan fingerprint density at radius 2 is 1.96 bits per heavy atom. The normalized spacial score (nSPS) is 10.6. The topological polar surface area (TPSA) is 60.2 Å². The lowest BCUT2D eigenvalue weighted by molar-refractivity contribution is 0.340. The first kappa shape index (κ1) is 16.0. The van der Waals surface area contributed by atoms with Gasteiger partial charge in [-0.2, -0.15) is 4.98 Å². The smallest absolute Gasteiger partial charge is 0.246 e. The molecule has 0 unspecified atom stereocenters. The summed E-state index contributed by atoms with van der Waals surface area (Å²) in [5.41, 5.74) is 2.50. The van der Waals surface area contributed by atoms with Gasteiger partial charge in [-0.3, -0.25) is 0 Å². The highest BCUT2D eigenvalue weighted by molar-refractivity contribution is 5.55. The number of hydrogen-bond donors (Lipinski definition) is 1. The van der Waals surface area contributed by atoms with E-state index in [0.717, 1.165) is 22.6 Å². The molecular weight excluding hydrogens is 309 g/mol. The standard InChI is InChI=1S/C18H18FN3O2/c1-3-23-15-7-4-13(5-8-15)18-21-17(24-22-18)11-20-16-9-6-14(19)10-12(16)2/h4-10,20H,3,11H2,1-2H3. The van der Waals surface area contributed by atoms with Crippen molar-refractivity contribution in [2.24, 2.45) is 0 Å². The van der Waals surface area contributed by atoms with Gasteiger partial charge in [0, 0.05) is 11.3 Å². The second kappa shape index (κ2) is 7.12. The maximum absolute atomic E-state index is 13.1. The molecule has 0 saturated carbocycles. The van der Waals surface area contributed by atoms with Gasteiger partial charge in [-0.1, -0.05) is 5.16 Å². The second-order valence-corrected chi connectivity index (χ2v) is 5.28. The number of benzene rings is 2. The first-order valence-electron chi connectivity index (χ1n) is 7.71. The fourth-order valence-electron chi connectivity index (χ4n) is 2.31. The average molecular weight is 327 g/mol. The summed E-state index contributed by atoms with van der Waals surface area (Å²) in [6, 6.07) is 12.1. The zero-order valence-electron chi connectivity index (χ0n) is 13.5. The number of nitrogens with one attached hydrogen (secondary N) is 1. The average Bonchev–Trinajstić information content (AvgIpc) is 3.04. The van der Waals surface area contributed by atoms with Crippen molar-refractivity contribution < 1.29 is 13.7 Å². The van der Waals surface area contributed by atoms with Gasteiger partial charge in [0.25, 0.3) is 0 Å². The van der Waals surface area contributed by atoms with Crippen molar-refractivity contribution >= 4 is 5.69 Å². The zero-order valence-corrected chi connectivity index (χ0v) is 13.5. The van der Waals surface area contributed by atoms with Crippen LogP contribution >= 0.6 is 0 Å². The van der Waals surface area contributed by atoms with Gasteiger partial charge in [-0.15, -0.1) is 0 Å². The Labute approximate surface area is 139 Å². The van der Waals surface area contributed by atoms with Gasteiger partial charge in [0.15, 0.2) is 0 Å². The maximum Gasteiger partial charge on any atom is 0.246 e. The summed E-state index contributed by atoms with van der Waals surface area (Å²) < 4.78 is 23.8. The van der Waals surface area contributed by atoms with Gasteiger partial charge in [0.1, 0.15) is 11.6 Å². The predicted molar refractivity (Wildman–Crippen MR) is 89.4 cm³/mol. The number of hydrogen-bond acceptors (Lipinski definition) is 5. The summed E-state index contributed by atoms with van der Waals surface area (Å²) in [6.45, 7) is 4.77. The van der Waals surface area contributed by atoms with Crippen molar-refractivity contribution in [3.05, 3.63) is 59.7 Å². The molecule has 5 nitrogen and oxygen atoms in total. The Kier molecular flexibility index (Phi) is 4.74. The highest BCUT2D eigenvalue weighted by Crippen LogP contribution is 2.21. The van der Waals surface area contributed by atoms with Crippen LogP contribution in [0.5, 0.6) is 5.75 Å². The summed E-state index contributed by atoms with van der Waals surface area (Å²) in [5, 5.41) is 7.15. The molecule has 1 heterocycles. The number of anilines is 1. The minimum Gasteiger partial charge on any atom is -0.494 e. The number of halogens is 1. The van der Waals surface area contributed by atoms with E-state index in [9.17, 15) is 4.39 Å². The van der Waals surface area contributed by atoms with E-state index in [-0.39, 0.29) is 5.82 Å². The molecule has 0 aliphatic heterocycles. The lowest BCUT2D eigenvalue weighted by Crippen LogP contribution is -2.01. The van der Waals surface area contributed by atoms with Crippen LogP contribution < -0.4 is 10.1 Å². The van der Waals surface area contributed by atoms with Crippen LogP contribution in [-0.4, -0.2) is 16.7 Å². The van der Waals surface area contributed by atoms with Crippen molar-refractivity contribution in [2.45, 2.75) is 20.4 Å². The molecule has 0 amide bonds. The molecule has 0 bridgehead atoms.